The number of carbonyl (C=O) groups excluding carboxylic acids is 1. The number of hydrogen-bond donors (Lipinski definition) is 0. The maximum absolute atomic E-state index is 14.3. The van der Waals surface area contributed by atoms with E-state index in [1.54, 1.807) is 27.0 Å². The van der Waals surface area contributed by atoms with Gasteiger partial charge in [-0.1, -0.05) is 6.07 Å². The highest BCUT2D eigenvalue weighted by Crippen LogP contribution is 2.33. The van der Waals surface area contributed by atoms with Crippen molar-refractivity contribution < 1.29 is 22.4 Å². The number of carbonyl (C=O) groups is 1. The Morgan fingerprint density at radius 3 is 2.28 bits per heavy atom. The minimum atomic E-state index is -4.48. The minimum absolute atomic E-state index is 0.0351. The average molecular weight is 504 g/mol. The quantitative estimate of drug-likeness (QED) is 0.320. The first-order valence-corrected chi connectivity index (χ1v) is 11.9. The van der Waals surface area contributed by atoms with Crippen molar-refractivity contribution in [3.63, 3.8) is 0 Å². The van der Waals surface area contributed by atoms with Crippen LogP contribution in [0.3, 0.4) is 0 Å². The van der Waals surface area contributed by atoms with Crippen LogP contribution < -0.4 is 4.90 Å². The summed E-state index contributed by atoms with van der Waals surface area (Å²) in [5.74, 6) is 0.901. The predicted octanol–water partition coefficient (Wildman–Crippen LogP) is 5.69. The molecule has 0 aliphatic carbocycles. The Morgan fingerprint density at radius 1 is 1.03 bits per heavy atom. The van der Waals surface area contributed by atoms with E-state index >= 15 is 0 Å². The van der Waals surface area contributed by atoms with E-state index in [4.69, 9.17) is 0 Å². The van der Waals surface area contributed by atoms with Crippen molar-refractivity contribution >= 4 is 11.6 Å². The summed E-state index contributed by atoms with van der Waals surface area (Å²) in [7, 11) is 0. The van der Waals surface area contributed by atoms with Crippen LogP contribution in [0.25, 0.3) is 5.82 Å². The number of anilines is 1. The summed E-state index contributed by atoms with van der Waals surface area (Å²) in [5.41, 5.74) is 0.518. The van der Waals surface area contributed by atoms with Crippen molar-refractivity contribution in [1.29, 1.82) is 0 Å². The Kier molecular flexibility index (Phi) is 6.90. The van der Waals surface area contributed by atoms with E-state index in [1.807, 2.05) is 13.0 Å². The maximum Gasteiger partial charge on any atom is 0.417 e. The van der Waals surface area contributed by atoms with E-state index in [2.05, 4.69) is 20.0 Å². The van der Waals surface area contributed by atoms with Crippen LogP contribution in [-0.2, 0) is 12.6 Å². The Labute approximate surface area is 207 Å². The highest BCUT2D eigenvalue weighted by atomic mass is 19.4. The van der Waals surface area contributed by atoms with Crippen molar-refractivity contribution in [3.8, 4) is 5.82 Å². The lowest BCUT2D eigenvalue weighted by Gasteiger charge is -2.37. The number of rotatable bonds is 6. The number of nitrogens with zero attached hydrogens (tertiary/aromatic N) is 5. The molecule has 36 heavy (non-hydrogen) atoms. The molecular weight excluding hydrogens is 474 g/mol. The third kappa shape index (κ3) is 5.42. The molecular formula is C26H29F4N5O. The van der Waals surface area contributed by atoms with Gasteiger partial charge in [0.05, 0.1) is 23.0 Å². The molecule has 10 heteroatoms. The summed E-state index contributed by atoms with van der Waals surface area (Å²) in [6.45, 7) is 8.36. The third-order valence-electron chi connectivity index (χ3n) is 6.84. The van der Waals surface area contributed by atoms with Crippen LogP contribution in [0.1, 0.15) is 59.4 Å². The van der Waals surface area contributed by atoms with Gasteiger partial charge in [-0.15, -0.1) is 0 Å². The molecule has 0 aromatic carbocycles. The molecule has 0 unspecified atom stereocenters. The molecule has 1 aliphatic rings. The van der Waals surface area contributed by atoms with E-state index in [-0.39, 0.29) is 23.9 Å². The second kappa shape index (κ2) is 9.63. The first-order chi connectivity index (χ1) is 16.8. The van der Waals surface area contributed by atoms with Crippen LogP contribution in [0, 0.1) is 19.8 Å². The van der Waals surface area contributed by atoms with Gasteiger partial charge in [0.2, 0.25) is 0 Å². The number of halogens is 4. The Balaban J connectivity index is 1.44. The van der Waals surface area contributed by atoms with E-state index in [9.17, 15) is 22.4 Å². The number of hydrogen-bond acceptors (Lipinski definition) is 5. The van der Waals surface area contributed by atoms with Crippen LogP contribution in [-0.4, -0.2) is 44.3 Å². The van der Waals surface area contributed by atoms with Gasteiger partial charge >= 0.3 is 6.18 Å². The van der Waals surface area contributed by atoms with Crippen molar-refractivity contribution in [2.45, 2.75) is 58.8 Å². The third-order valence-corrected chi connectivity index (χ3v) is 6.84. The summed E-state index contributed by atoms with van der Waals surface area (Å²) in [4.78, 5) is 23.6. The zero-order valence-electron chi connectivity index (χ0n) is 20.7. The molecule has 1 fully saturated rings. The monoisotopic (exact) mass is 503 g/mol. The number of alkyl halides is 4. The largest absolute Gasteiger partial charge is 0.417 e. The summed E-state index contributed by atoms with van der Waals surface area (Å²) in [5, 5.41) is 4.16. The van der Waals surface area contributed by atoms with E-state index in [0.717, 1.165) is 55.1 Å². The van der Waals surface area contributed by atoms with Gasteiger partial charge in [-0.2, -0.15) is 18.3 Å². The Morgan fingerprint density at radius 2 is 1.72 bits per heavy atom. The van der Waals surface area contributed by atoms with Crippen LogP contribution in [0.4, 0.5) is 23.4 Å². The maximum atomic E-state index is 14.3. The van der Waals surface area contributed by atoms with Gasteiger partial charge in [-0.05, 0) is 69.7 Å². The second-order valence-corrected chi connectivity index (χ2v) is 9.87. The zero-order chi connectivity index (χ0) is 26.3. The van der Waals surface area contributed by atoms with Gasteiger partial charge in [0.15, 0.2) is 11.6 Å². The Hall–Kier alpha value is -3.30. The molecule has 3 aromatic rings. The number of Topliss-reactive ketones (excluding diaryl/α,β-unsaturated/α-hetero) is 1. The number of ketones is 1. The van der Waals surface area contributed by atoms with E-state index in [0.29, 0.717) is 11.3 Å². The molecule has 1 saturated heterocycles. The molecule has 192 valence electrons. The highest BCUT2D eigenvalue weighted by molar-refractivity contribution is 5.98. The molecule has 6 nitrogen and oxygen atoms in total. The van der Waals surface area contributed by atoms with Crippen molar-refractivity contribution in [3.05, 3.63) is 64.7 Å². The molecule has 0 amide bonds. The lowest BCUT2D eigenvalue weighted by atomic mass is 9.84. The number of pyridine rings is 2. The fraction of sp³-hybridized carbons (Fsp3) is 0.462. The lowest BCUT2D eigenvalue weighted by molar-refractivity contribution is -0.137. The summed E-state index contributed by atoms with van der Waals surface area (Å²) in [6, 6.07) is 4.09. The first-order valence-electron chi connectivity index (χ1n) is 11.9. The predicted molar refractivity (Wildman–Crippen MR) is 128 cm³/mol. The van der Waals surface area contributed by atoms with Crippen LogP contribution in [0.15, 0.2) is 36.8 Å². The summed E-state index contributed by atoms with van der Waals surface area (Å²) < 4.78 is 54.0. The first kappa shape index (κ1) is 25.8. The van der Waals surface area contributed by atoms with Crippen LogP contribution >= 0.6 is 0 Å². The van der Waals surface area contributed by atoms with Gasteiger partial charge in [0, 0.05) is 31.9 Å². The standard InChI is InChI=1S/C26H29F4N5O/c1-16-11-18(13-32-24(16)34-9-7-19(8-10-34)25(3,4)27)12-22(36)21-15-33-35(17(21)2)23-6-5-20(14-31-23)26(28,29)30/h5-6,11,13-15,19H,7-10,12H2,1-4H3. The van der Waals surface area contributed by atoms with E-state index < -0.39 is 17.4 Å². The molecule has 4 heterocycles. The van der Waals surface area contributed by atoms with Gasteiger partial charge in [0.25, 0.3) is 0 Å². The van der Waals surface area contributed by atoms with Gasteiger partial charge < -0.3 is 4.90 Å². The van der Waals surface area contributed by atoms with Crippen molar-refractivity contribution in [2.24, 2.45) is 5.92 Å². The normalized spacial score (nSPS) is 15.4. The Bertz CT molecular complexity index is 1240. The lowest BCUT2D eigenvalue weighted by Crippen LogP contribution is -2.40. The molecule has 0 spiro atoms. The molecule has 4 rings (SSSR count). The molecule has 0 atom stereocenters. The van der Waals surface area contributed by atoms with Gasteiger partial charge in [-0.25, -0.2) is 19.0 Å². The summed E-state index contributed by atoms with van der Waals surface area (Å²) >= 11 is 0. The second-order valence-electron chi connectivity index (χ2n) is 9.87. The van der Waals surface area contributed by atoms with Crippen molar-refractivity contribution in [2.75, 3.05) is 18.0 Å². The minimum Gasteiger partial charge on any atom is -0.356 e. The number of piperidine rings is 1. The number of aryl methyl sites for hydroxylation is 1. The van der Waals surface area contributed by atoms with Gasteiger partial charge in [-0.3, -0.25) is 4.79 Å². The van der Waals surface area contributed by atoms with Crippen LogP contribution in [0.5, 0.6) is 0 Å². The van der Waals surface area contributed by atoms with Crippen LogP contribution in [0.2, 0.25) is 0 Å². The molecule has 1 aliphatic heterocycles. The zero-order valence-corrected chi connectivity index (χ0v) is 20.7. The SMILES string of the molecule is Cc1cc(CC(=O)c2cnn(-c3ccc(C(F)(F)F)cn3)c2C)cnc1N1CCC(C(C)(C)F)CC1. The fourth-order valence-corrected chi connectivity index (χ4v) is 4.71. The molecule has 0 bridgehead atoms. The molecule has 0 saturated carbocycles. The molecule has 0 N–H and O–H groups in total. The van der Waals surface area contributed by atoms with Gasteiger partial charge in [0.1, 0.15) is 11.5 Å². The van der Waals surface area contributed by atoms with E-state index in [1.165, 1.54) is 16.9 Å². The smallest absolute Gasteiger partial charge is 0.356 e. The molecule has 0 radical (unpaired) electrons. The highest BCUT2D eigenvalue weighted by Gasteiger charge is 2.33. The average Bonchev–Trinajstić information content (AvgIpc) is 3.19. The number of aromatic nitrogens is 4. The molecule has 3 aromatic heterocycles. The van der Waals surface area contributed by atoms with Crippen molar-refractivity contribution in [1.82, 2.24) is 19.7 Å². The fourth-order valence-electron chi connectivity index (χ4n) is 4.71. The summed E-state index contributed by atoms with van der Waals surface area (Å²) in [6.07, 6.45) is 0.998. The topological polar surface area (TPSA) is 63.9 Å².